The number of ether oxygens (including phenoxy) is 1. The number of amides is 1. The Labute approximate surface area is 95.0 Å². The first-order valence-electron chi connectivity index (χ1n) is 5.34. The third-order valence-electron chi connectivity index (χ3n) is 2.91. The molecule has 0 spiro atoms. The molecule has 0 atom stereocenters. The second-order valence-corrected chi connectivity index (χ2v) is 4.10. The van der Waals surface area contributed by atoms with Crippen LogP contribution in [0.3, 0.4) is 0 Å². The van der Waals surface area contributed by atoms with Crippen LogP contribution in [0.15, 0.2) is 18.2 Å². The van der Waals surface area contributed by atoms with Crippen molar-refractivity contribution >= 4 is 11.6 Å². The Morgan fingerprint density at radius 3 is 2.75 bits per heavy atom. The minimum Gasteiger partial charge on any atom is -0.497 e. The van der Waals surface area contributed by atoms with Gasteiger partial charge in [0.2, 0.25) is 0 Å². The predicted molar refractivity (Wildman–Crippen MR) is 62.5 cm³/mol. The van der Waals surface area contributed by atoms with Crippen molar-refractivity contribution < 1.29 is 9.53 Å². The topological polar surface area (TPSA) is 55.6 Å². The third-order valence-corrected chi connectivity index (χ3v) is 2.91. The first kappa shape index (κ1) is 10.8. The maximum absolute atomic E-state index is 12.1. The molecule has 16 heavy (non-hydrogen) atoms. The molecule has 0 aromatic heterocycles. The van der Waals surface area contributed by atoms with Gasteiger partial charge in [0.05, 0.1) is 12.7 Å². The van der Waals surface area contributed by atoms with Gasteiger partial charge in [-0.05, 0) is 31.0 Å². The van der Waals surface area contributed by atoms with E-state index < -0.39 is 0 Å². The molecule has 0 unspecified atom stereocenters. The Kier molecular flexibility index (Phi) is 2.73. The van der Waals surface area contributed by atoms with Gasteiger partial charge < -0.3 is 15.4 Å². The van der Waals surface area contributed by atoms with E-state index in [9.17, 15) is 4.79 Å². The van der Waals surface area contributed by atoms with Crippen LogP contribution >= 0.6 is 0 Å². The number of benzene rings is 1. The molecular weight excluding hydrogens is 204 g/mol. The van der Waals surface area contributed by atoms with E-state index in [0.29, 0.717) is 23.0 Å². The number of nitrogens with two attached hydrogens (primary N) is 1. The smallest absolute Gasteiger partial charge is 0.256 e. The van der Waals surface area contributed by atoms with Gasteiger partial charge >= 0.3 is 0 Å². The molecule has 1 saturated carbocycles. The van der Waals surface area contributed by atoms with Crippen molar-refractivity contribution in [3.8, 4) is 5.75 Å². The average molecular weight is 220 g/mol. The van der Waals surface area contributed by atoms with Crippen LogP contribution in [-0.2, 0) is 0 Å². The first-order chi connectivity index (χ1) is 7.63. The van der Waals surface area contributed by atoms with E-state index >= 15 is 0 Å². The number of nitrogens with zero attached hydrogens (tertiary/aromatic N) is 1. The molecule has 0 radical (unpaired) electrons. The molecule has 0 saturated heterocycles. The van der Waals surface area contributed by atoms with Gasteiger partial charge in [0.25, 0.3) is 5.91 Å². The molecule has 1 fully saturated rings. The van der Waals surface area contributed by atoms with Crippen molar-refractivity contribution in [1.82, 2.24) is 4.90 Å². The zero-order valence-electron chi connectivity index (χ0n) is 9.56. The Morgan fingerprint density at radius 1 is 1.50 bits per heavy atom. The fourth-order valence-corrected chi connectivity index (χ4v) is 1.67. The number of carbonyl (C=O) groups excluding carboxylic acids is 1. The molecular formula is C12H16N2O2. The summed E-state index contributed by atoms with van der Waals surface area (Å²) >= 11 is 0. The molecule has 1 aromatic carbocycles. The fraction of sp³-hybridized carbons (Fsp3) is 0.417. The Hall–Kier alpha value is -1.71. The number of carbonyl (C=O) groups is 1. The van der Waals surface area contributed by atoms with Gasteiger partial charge in [-0.25, -0.2) is 0 Å². The van der Waals surface area contributed by atoms with Crippen LogP contribution in [-0.4, -0.2) is 31.0 Å². The van der Waals surface area contributed by atoms with Gasteiger partial charge in [-0.2, -0.15) is 0 Å². The summed E-state index contributed by atoms with van der Waals surface area (Å²) in [4.78, 5) is 13.9. The van der Waals surface area contributed by atoms with Gasteiger partial charge in [-0.3, -0.25) is 4.79 Å². The zero-order valence-corrected chi connectivity index (χ0v) is 9.56. The number of hydrogen-bond donors (Lipinski definition) is 1. The van der Waals surface area contributed by atoms with Crippen molar-refractivity contribution in [2.75, 3.05) is 19.9 Å². The number of anilines is 1. The van der Waals surface area contributed by atoms with Gasteiger partial charge in [-0.1, -0.05) is 0 Å². The van der Waals surface area contributed by atoms with Gasteiger partial charge in [-0.15, -0.1) is 0 Å². The Bertz CT molecular complexity index is 413. The van der Waals surface area contributed by atoms with Crippen molar-refractivity contribution in [1.29, 1.82) is 0 Å². The Balaban J connectivity index is 2.27. The van der Waals surface area contributed by atoms with Crippen molar-refractivity contribution in [2.24, 2.45) is 0 Å². The summed E-state index contributed by atoms with van der Waals surface area (Å²) in [6.45, 7) is 0. The monoisotopic (exact) mass is 220 g/mol. The summed E-state index contributed by atoms with van der Waals surface area (Å²) in [5.41, 5.74) is 6.82. The summed E-state index contributed by atoms with van der Waals surface area (Å²) < 4.78 is 5.09. The Morgan fingerprint density at radius 2 is 2.19 bits per heavy atom. The van der Waals surface area contributed by atoms with E-state index in [1.165, 1.54) is 0 Å². The van der Waals surface area contributed by atoms with Crippen LogP contribution in [0.5, 0.6) is 5.75 Å². The SMILES string of the molecule is COc1ccc(N)c(C(=O)N(C)C2CC2)c1. The lowest BCUT2D eigenvalue weighted by atomic mass is 10.1. The van der Waals surface area contributed by atoms with Crippen LogP contribution < -0.4 is 10.5 Å². The molecule has 4 heteroatoms. The van der Waals surface area contributed by atoms with Crippen LogP contribution in [0.1, 0.15) is 23.2 Å². The molecule has 1 aliphatic rings. The van der Waals surface area contributed by atoms with Crippen LogP contribution in [0, 0.1) is 0 Å². The number of hydrogen-bond acceptors (Lipinski definition) is 3. The summed E-state index contributed by atoms with van der Waals surface area (Å²) in [5, 5.41) is 0. The highest BCUT2D eigenvalue weighted by atomic mass is 16.5. The second-order valence-electron chi connectivity index (χ2n) is 4.10. The molecule has 86 valence electrons. The third kappa shape index (κ3) is 1.96. The van der Waals surface area contributed by atoms with Crippen molar-refractivity contribution in [3.63, 3.8) is 0 Å². The molecule has 0 heterocycles. The van der Waals surface area contributed by atoms with Gasteiger partial charge in [0, 0.05) is 18.8 Å². The van der Waals surface area contributed by atoms with Crippen LogP contribution in [0.4, 0.5) is 5.69 Å². The molecule has 0 bridgehead atoms. The van der Waals surface area contributed by atoms with E-state index in [1.54, 1.807) is 30.2 Å². The van der Waals surface area contributed by atoms with Crippen molar-refractivity contribution in [3.05, 3.63) is 23.8 Å². The molecule has 4 nitrogen and oxygen atoms in total. The summed E-state index contributed by atoms with van der Waals surface area (Å²) in [6, 6.07) is 5.53. The number of nitrogen functional groups attached to an aromatic ring is 1. The van der Waals surface area contributed by atoms with Crippen LogP contribution in [0.25, 0.3) is 0 Å². The lowest BCUT2D eigenvalue weighted by Crippen LogP contribution is -2.29. The summed E-state index contributed by atoms with van der Waals surface area (Å²) in [5.74, 6) is 0.626. The largest absolute Gasteiger partial charge is 0.497 e. The van der Waals surface area contributed by atoms with E-state index in [0.717, 1.165) is 12.8 Å². The fourth-order valence-electron chi connectivity index (χ4n) is 1.67. The lowest BCUT2D eigenvalue weighted by molar-refractivity contribution is 0.0786. The quantitative estimate of drug-likeness (QED) is 0.785. The first-order valence-corrected chi connectivity index (χ1v) is 5.34. The van der Waals surface area contributed by atoms with Crippen LogP contribution in [0.2, 0.25) is 0 Å². The van der Waals surface area contributed by atoms with E-state index in [4.69, 9.17) is 10.5 Å². The van der Waals surface area contributed by atoms with E-state index in [1.807, 2.05) is 7.05 Å². The molecule has 2 rings (SSSR count). The molecule has 1 amide bonds. The summed E-state index contributed by atoms with van der Waals surface area (Å²) in [7, 11) is 3.39. The highest BCUT2D eigenvalue weighted by molar-refractivity contribution is 5.99. The van der Waals surface area contributed by atoms with E-state index in [-0.39, 0.29) is 5.91 Å². The average Bonchev–Trinajstić information content (AvgIpc) is 3.12. The zero-order chi connectivity index (χ0) is 11.7. The van der Waals surface area contributed by atoms with Gasteiger partial charge in [0.15, 0.2) is 0 Å². The molecule has 0 aliphatic heterocycles. The minimum atomic E-state index is -0.0288. The number of rotatable bonds is 3. The lowest BCUT2D eigenvalue weighted by Gasteiger charge is -2.17. The van der Waals surface area contributed by atoms with Crippen molar-refractivity contribution in [2.45, 2.75) is 18.9 Å². The molecule has 1 aromatic rings. The standard InChI is InChI=1S/C12H16N2O2/c1-14(8-3-4-8)12(15)10-7-9(16-2)5-6-11(10)13/h5-8H,3-4,13H2,1-2H3. The molecule has 1 aliphatic carbocycles. The normalized spacial score (nSPS) is 14.6. The second kappa shape index (κ2) is 4.04. The highest BCUT2D eigenvalue weighted by Gasteiger charge is 2.30. The van der Waals surface area contributed by atoms with E-state index in [2.05, 4.69) is 0 Å². The number of methoxy groups -OCH3 is 1. The van der Waals surface area contributed by atoms with Gasteiger partial charge in [0.1, 0.15) is 5.75 Å². The minimum absolute atomic E-state index is 0.0288. The molecule has 2 N–H and O–H groups in total. The highest BCUT2D eigenvalue weighted by Crippen LogP contribution is 2.28. The summed E-state index contributed by atoms with van der Waals surface area (Å²) in [6.07, 6.45) is 2.18. The maximum atomic E-state index is 12.1. The predicted octanol–water partition coefficient (Wildman–Crippen LogP) is 1.51. The maximum Gasteiger partial charge on any atom is 0.256 e.